The molecular formula is C11H15N3O. The molecule has 0 aromatic carbocycles. The van der Waals surface area contributed by atoms with E-state index < -0.39 is 0 Å². The van der Waals surface area contributed by atoms with Gasteiger partial charge in [-0.1, -0.05) is 0 Å². The second-order valence-electron chi connectivity index (χ2n) is 3.39. The molecule has 0 aliphatic carbocycles. The highest BCUT2D eigenvalue weighted by atomic mass is 16.5. The molecule has 1 aromatic rings. The molecule has 0 radical (unpaired) electrons. The minimum absolute atomic E-state index is 0.251. The van der Waals surface area contributed by atoms with Crippen molar-refractivity contribution >= 4 is 5.82 Å². The quantitative estimate of drug-likeness (QED) is 0.744. The lowest BCUT2D eigenvalue weighted by Crippen LogP contribution is -2.13. The van der Waals surface area contributed by atoms with E-state index in [0.717, 1.165) is 12.4 Å². The van der Waals surface area contributed by atoms with E-state index in [1.165, 1.54) is 0 Å². The van der Waals surface area contributed by atoms with Crippen LogP contribution < -0.4 is 5.32 Å². The second-order valence-corrected chi connectivity index (χ2v) is 3.39. The number of nitrogens with one attached hydrogen (secondary N) is 1. The number of anilines is 1. The Morgan fingerprint density at radius 2 is 2.33 bits per heavy atom. The van der Waals surface area contributed by atoms with Gasteiger partial charge in [-0.05, 0) is 26.0 Å². The minimum atomic E-state index is 0.251. The van der Waals surface area contributed by atoms with Gasteiger partial charge in [-0.3, -0.25) is 0 Å². The predicted octanol–water partition coefficient (Wildman–Crippen LogP) is 1.79. The zero-order chi connectivity index (χ0) is 11.1. The molecule has 4 nitrogen and oxygen atoms in total. The molecule has 0 bridgehead atoms. The Morgan fingerprint density at radius 1 is 1.53 bits per heavy atom. The largest absolute Gasteiger partial charge is 0.377 e. The van der Waals surface area contributed by atoms with Crippen LogP contribution in [0.2, 0.25) is 0 Å². The molecule has 0 aliphatic heterocycles. The third-order valence-electron chi connectivity index (χ3n) is 1.75. The minimum Gasteiger partial charge on any atom is -0.377 e. The summed E-state index contributed by atoms with van der Waals surface area (Å²) in [6.07, 6.45) is 1.80. The van der Waals surface area contributed by atoms with Crippen LogP contribution in [0.4, 0.5) is 5.82 Å². The average Bonchev–Trinajstić information content (AvgIpc) is 2.25. The summed E-state index contributed by atoms with van der Waals surface area (Å²) in [4.78, 5) is 4.08. The third-order valence-corrected chi connectivity index (χ3v) is 1.75. The molecule has 0 unspecified atom stereocenters. The molecule has 0 fully saturated rings. The number of aromatic nitrogens is 1. The molecular weight excluding hydrogens is 190 g/mol. The fraction of sp³-hybridized carbons (Fsp3) is 0.455. The van der Waals surface area contributed by atoms with Crippen molar-refractivity contribution in [1.29, 1.82) is 5.26 Å². The van der Waals surface area contributed by atoms with Crippen LogP contribution in [0.25, 0.3) is 0 Å². The van der Waals surface area contributed by atoms with E-state index in [0.29, 0.717) is 12.2 Å². The zero-order valence-electron chi connectivity index (χ0n) is 9.03. The molecule has 1 heterocycles. The average molecular weight is 205 g/mol. The van der Waals surface area contributed by atoms with Crippen LogP contribution in [0.3, 0.4) is 0 Å². The van der Waals surface area contributed by atoms with Crippen LogP contribution in [-0.4, -0.2) is 24.2 Å². The number of nitriles is 1. The molecule has 80 valence electrons. The first kappa shape index (κ1) is 11.5. The van der Waals surface area contributed by atoms with Crippen LogP contribution in [0, 0.1) is 11.3 Å². The summed E-state index contributed by atoms with van der Waals surface area (Å²) >= 11 is 0. The first-order valence-electron chi connectivity index (χ1n) is 4.94. The smallest absolute Gasteiger partial charge is 0.126 e. The highest BCUT2D eigenvalue weighted by Crippen LogP contribution is 2.03. The third kappa shape index (κ3) is 4.43. The van der Waals surface area contributed by atoms with E-state index in [2.05, 4.69) is 10.3 Å². The summed E-state index contributed by atoms with van der Waals surface area (Å²) < 4.78 is 5.37. The molecule has 0 atom stereocenters. The predicted molar refractivity (Wildman–Crippen MR) is 58.5 cm³/mol. The number of pyridine rings is 1. The SMILES string of the molecule is CC(C)OCCNc1ccc(C#N)cn1. The van der Waals surface area contributed by atoms with Crippen LogP contribution in [0.1, 0.15) is 19.4 Å². The first-order valence-corrected chi connectivity index (χ1v) is 4.94. The summed E-state index contributed by atoms with van der Waals surface area (Å²) in [6, 6.07) is 5.54. The summed E-state index contributed by atoms with van der Waals surface area (Å²) in [5.41, 5.74) is 0.569. The number of nitrogens with zero attached hydrogens (tertiary/aromatic N) is 2. The second kappa shape index (κ2) is 5.99. The fourth-order valence-electron chi connectivity index (χ4n) is 1.04. The maximum atomic E-state index is 8.57. The fourth-order valence-corrected chi connectivity index (χ4v) is 1.04. The van der Waals surface area contributed by atoms with Crippen molar-refractivity contribution in [3.05, 3.63) is 23.9 Å². The molecule has 0 aliphatic rings. The number of rotatable bonds is 5. The Morgan fingerprint density at radius 3 is 2.87 bits per heavy atom. The van der Waals surface area contributed by atoms with E-state index >= 15 is 0 Å². The Balaban J connectivity index is 2.29. The molecule has 4 heteroatoms. The lowest BCUT2D eigenvalue weighted by Gasteiger charge is -2.08. The summed E-state index contributed by atoms with van der Waals surface area (Å²) in [5.74, 6) is 0.765. The maximum Gasteiger partial charge on any atom is 0.126 e. The van der Waals surface area contributed by atoms with Crippen molar-refractivity contribution in [2.75, 3.05) is 18.5 Å². The number of hydrogen-bond donors (Lipinski definition) is 1. The summed E-state index contributed by atoms with van der Waals surface area (Å²) in [7, 11) is 0. The van der Waals surface area contributed by atoms with E-state index in [1.54, 1.807) is 18.3 Å². The van der Waals surface area contributed by atoms with E-state index in [1.807, 2.05) is 19.9 Å². The van der Waals surface area contributed by atoms with Gasteiger partial charge in [0.15, 0.2) is 0 Å². The Hall–Kier alpha value is -1.60. The van der Waals surface area contributed by atoms with E-state index in [-0.39, 0.29) is 6.10 Å². The number of ether oxygens (including phenoxy) is 1. The highest BCUT2D eigenvalue weighted by Gasteiger charge is 1.95. The van der Waals surface area contributed by atoms with Gasteiger partial charge < -0.3 is 10.1 Å². The lowest BCUT2D eigenvalue weighted by atomic mass is 10.3. The van der Waals surface area contributed by atoms with Gasteiger partial charge in [0.05, 0.1) is 18.3 Å². The van der Waals surface area contributed by atoms with Gasteiger partial charge in [0.2, 0.25) is 0 Å². The number of hydrogen-bond acceptors (Lipinski definition) is 4. The van der Waals surface area contributed by atoms with Gasteiger partial charge in [-0.25, -0.2) is 4.98 Å². The van der Waals surface area contributed by atoms with Crippen molar-refractivity contribution in [3.63, 3.8) is 0 Å². The molecule has 15 heavy (non-hydrogen) atoms. The molecule has 0 saturated heterocycles. The monoisotopic (exact) mass is 205 g/mol. The van der Waals surface area contributed by atoms with Gasteiger partial charge in [0, 0.05) is 12.7 Å². The van der Waals surface area contributed by atoms with E-state index in [9.17, 15) is 0 Å². The van der Waals surface area contributed by atoms with Crippen LogP contribution in [0.15, 0.2) is 18.3 Å². The van der Waals surface area contributed by atoms with Crippen molar-refractivity contribution in [2.24, 2.45) is 0 Å². The lowest BCUT2D eigenvalue weighted by molar-refractivity contribution is 0.0870. The van der Waals surface area contributed by atoms with Gasteiger partial charge in [-0.2, -0.15) is 5.26 Å². The zero-order valence-corrected chi connectivity index (χ0v) is 9.03. The first-order chi connectivity index (χ1) is 7.22. The Kier molecular flexibility index (Phi) is 4.58. The van der Waals surface area contributed by atoms with Crippen LogP contribution in [-0.2, 0) is 4.74 Å². The van der Waals surface area contributed by atoms with Gasteiger partial charge in [0.25, 0.3) is 0 Å². The normalized spacial score (nSPS) is 10.0. The van der Waals surface area contributed by atoms with Crippen molar-refractivity contribution in [1.82, 2.24) is 4.98 Å². The molecule has 1 rings (SSSR count). The topological polar surface area (TPSA) is 57.9 Å². The van der Waals surface area contributed by atoms with Gasteiger partial charge in [0.1, 0.15) is 11.9 Å². The molecule has 1 aromatic heterocycles. The van der Waals surface area contributed by atoms with Crippen molar-refractivity contribution in [3.8, 4) is 6.07 Å². The molecule has 0 spiro atoms. The molecule has 0 amide bonds. The van der Waals surface area contributed by atoms with Crippen LogP contribution in [0.5, 0.6) is 0 Å². The highest BCUT2D eigenvalue weighted by molar-refractivity contribution is 5.38. The van der Waals surface area contributed by atoms with E-state index in [4.69, 9.17) is 10.00 Å². The standard InChI is InChI=1S/C11H15N3O/c1-9(2)15-6-5-13-11-4-3-10(7-12)8-14-11/h3-4,8-9H,5-6H2,1-2H3,(H,13,14). The Bertz CT molecular complexity index is 327. The summed E-state index contributed by atoms with van der Waals surface area (Å²) in [5, 5.41) is 11.7. The molecule has 1 N–H and O–H groups in total. The molecule has 0 saturated carbocycles. The van der Waals surface area contributed by atoms with Crippen molar-refractivity contribution in [2.45, 2.75) is 20.0 Å². The Labute approximate surface area is 89.9 Å². The summed E-state index contributed by atoms with van der Waals surface area (Å²) in [6.45, 7) is 5.37. The maximum absolute atomic E-state index is 8.57. The van der Waals surface area contributed by atoms with Gasteiger partial charge >= 0.3 is 0 Å². The van der Waals surface area contributed by atoms with Crippen LogP contribution >= 0.6 is 0 Å². The van der Waals surface area contributed by atoms with Gasteiger partial charge in [-0.15, -0.1) is 0 Å². The van der Waals surface area contributed by atoms with Crippen molar-refractivity contribution < 1.29 is 4.74 Å².